The SMILES string of the molecule is COc1cc(NC(=O)C(=O)NC(C)(C)CCOc2ccc(/C=C/C(C)=O)cc2)ccc1-c1cnco1. The van der Waals surface area contributed by atoms with Crippen molar-refractivity contribution < 1.29 is 28.3 Å². The first-order valence-electron chi connectivity index (χ1n) is 11.3. The van der Waals surface area contributed by atoms with E-state index < -0.39 is 17.4 Å². The fourth-order valence-corrected chi connectivity index (χ4v) is 3.25. The summed E-state index contributed by atoms with van der Waals surface area (Å²) in [7, 11) is 1.50. The number of hydrogen-bond acceptors (Lipinski definition) is 7. The van der Waals surface area contributed by atoms with Gasteiger partial charge in [-0.15, -0.1) is 0 Å². The van der Waals surface area contributed by atoms with Gasteiger partial charge in [-0.2, -0.15) is 0 Å². The maximum Gasteiger partial charge on any atom is 0.313 e. The summed E-state index contributed by atoms with van der Waals surface area (Å²) in [6, 6.07) is 12.3. The molecule has 0 bridgehead atoms. The number of amides is 2. The molecule has 0 aliphatic heterocycles. The zero-order valence-electron chi connectivity index (χ0n) is 20.7. The number of oxazole rings is 1. The van der Waals surface area contributed by atoms with Gasteiger partial charge in [0.1, 0.15) is 11.5 Å². The first-order valence-corrected chi connectivity index (χ1v) is 11.3. The lowest BCUT2D eigenvalue weighted by molar-refractivity contribution is -0.137. The molecule has 0 aliphatic rings. The minimum Gasteiger partial charge on any atom is -0.496 e. The minimum atomic E-state index is -0.798. The molecule has 3 aromatic rings. The fraction of sp³-hybridized carbons (Fsp3) is 0.259. The van der Waals surface area contributed by atoms with Crippen LogP contribution in [0.3, 0.4) is 0 Å². The minimum absolute atomic E-state index is 0.0197. The molecule has 2 aromatic carbocycles. The number of ketones is 1. The van der Waals surface area contributed by atoms with E-state index in [1.807, 2.05) is 26.0 Å². The molecule has 0 radical (unpaired) electrons. The number of nitrogens with zero attached hydrogens (tertiary/aromatic N) is 1. The monoisotopic (exact) mass is 491 g/mol. The van der Waals surface area contributed by atoms with E-state index in [0.29, 0.717) is 41.5 Å². The van der Waals surface area contributed by atoms with Gasteiger partial charge in [0, 0.05) is 23.7 Å². The zero-order chi connectivity index (χ0) is 26.1. The summed E-state index contributed by atoms with van der Waals surface area (Å²) in [5.74, 6) is 0.0661. The number of allylic oxidation sites excluding steroid dienone is 1. The van der Waals surface area contributed by atoms with Gasteiger partial charge in [0.25, 0.3) is 0 Å². The van der Waals surface area contributed by atoms with Crippen molar-refractivity contribution in [2.45, 2.75) is 32.7 Å². The molecule has 0 saturated heterocycles. The van der Waals surface area contributed by atoms with Crippen molar-refractivity contribution in [2.75, 3.05) is 19.0 Å². The second-order valence-corrected chi connectivity index (χ2v) is 8.68. The van der Waals surface area contributed by atoms with E-state index in [-0.39, 0.29) is 5.78 Å². The molecular weight excluding hydrogens is 462 g/mol. The normalized spacial score (nSPS) is 11.2. The number of hydrogen-bond donors (Lipinski definition) is 2. The second kappa shape index (κ2) is 11.8. The Balaban J connectivity index is 1.50. The number of carbonyl (C=O) groups is 3. The molecule has 3 rings (SSSR count). The van der Waals surface area contributed by atoms with E-state index in [9.17, 15) is 14.4 Å². The third-order valence-corrected chi connectivity index (χ3v) is 5.20. The van der Waals surface area contributed by atoms with Crippen LogP contribution in [0, 0.1) is 0 Å². The largest absolute Gasteiger partial charge is 0.496 e. The first-order chi connectivity index (χ1) is 17.2. The Morgan fingerprint density at radius 2 is 1.83 bits per heavy atom. The molecule has 1 heterocycles. The van der Waals surface area contributed by atoms with Gasteiger partial charge in [-0.1, -0.05) is 18.2 Å². The third-order valence-electron chi connectivity index (χ3n) is 5.20. The highest BCUT2D eigenvalue weighted by Gasteiger charge is 2.25. The highest BCUT2D eigenvalue weighted by atomic mass is 16.5. The van der Waals surface area contributed by atoms with Gasteiger partial charge in [-0.25, -0.2) is 4.98 Å². The highest BCUT2D eigenvalue weighted by molar-refractivity contribution is 6.39. The first kappa shape index (κ1) is 26.2. The topological polar surface area (TPSA) is 120 Å². The van der Waals surface area contributed by atoms with Crippen molar-refractivity contribution in [3.63, 3.8) is 0 Å². The Hall–Kier alpha value is -4.40. The Morgan fingerprint density at radius 3 is 2.47 bits per heavy atom. The van der Waals surface area contributed by atoms with Crippen LogP contribution in [0.5, 0.6) is 11.5 Å². The van der Waals surface area contributed by atoms with Crippen LogP contribution in [0.2, 0.25) is 0 Å². The summed E-state index contributed by atoms with van der Waals surface area (Å²) in [4.78, 5) is 39.9. The van der Waals surface area contributed by atoms with Gasteiger partial charge in [-0.3, -0.25) is 14.4 Å². The van der Waals surface area contributed by atoms with E-state index in [2.05, 4.69) is 15.6 Å². The zero-order valence-corrected chi connectivity index (χ0v) is 20.7. The van der Waals surface area contributed by atoms with Gasteiger partial charge in [-0.05, 0) is 56.7 Å². The van der Waals surface area contributed by atoms with Gasteiger partial charge in [0.15, 0.2) is 17.9 Å². The van der Waals surface area contributed by atoms with Gasteiger partial charge in [0.05, 0.1) is 25.5 Å². The molecule has 0 fully saturated rings. The summed E-state index contributed by atoms with van der Waals surface area (Å²) in [6.45, 7) is 5.45. The molecule has 2 N–H and O–H groups in total. The van der Waals surface area contributed by atoms with E-state index in [1.54, 1.807) is 42.6 Å². The van der Waals surface area contributed by atoms with E-state index in [1.165, 1.54) is 26.5 Å². The lowest BCUT2D eigenvalue weighted by atomic mass is 10.0. The average Bonchev–Trinajstić information content (AvgIpc) is 3.37. The van der Waals surface area contributed by atoms with Crippen molar-refractivity contribution in [1.29, 1.82) is 0 Å². The molecule has 2 amide bonds. The molecule has 0 atom stereocenters. The van der Waals surface area contributed by atoms with Crippen LogP contribution in [-0.2, 0) is 14.4 Å². The van der Waals surface area contributed by atoms with Crippen molar-refractivity contribution in [3.05, 3.63) is 66.7 Å². The fourth-order valence-electron chi connectivity index (χ4n) is 3.25. The molecule has 36 heavy (non-hydrogen) atoms. The molecule has 0 spiro atoms. The number of benzene rings is 2. The predicted molar refractivity (Wildman–Crippen MR) is 136 cm³/mol. The van der Waals surface area contributed by atoms with Crippen LogP contribution in [0.1, 0.15) is 32.8 Å². The summed E-state index contributed by atoms with van der Waals surface area (Å²) >= 11 is 0. The Bertz CT molecular complexity index is 1230. The number of ether oxygens (including phenoxy) is 2. The van der Waals surface area contributed by atoms with Crippen LogP contribution >= 0.6 is 0 Å². The van der Waals surface area contributed by atoms with Crippen molar-refractivity contribution in [3.8, 4) is 22.8 Å². The summed E-state index contributed by atoms with van der Waals surface area (Å²) in [6.07, 6.45) is 6.57. The Kier molecular flexibility index (Phi) is 8.61. The van der Waals surface area contributed by atoms with Crippen LogP contribution in [0.4, 0.5) is 5.69 Å². The molecule has 0 unspecified atom stereocenters. The standard InChI is InChI=1S/C27H29N3O6/c1-18(31)5-6-19-7-10-21(11-8-19)35-14-13-27(2,3)30-26(33)25(32)29-20-9-12-22(23(15-20)34-4)24-16-28-17-36-24/h5-12,15-17H,13-14H2,1-4H3,(H,29,32)(H,30,33)/b6-5+. The molecular formula is C27H29N3O6. The average molecular weight is 492 g/mol. The lowest BCUT2D eigenvalue weighted by Gasteiger charge is -2.26. The van der Waals surface area contributed by atoms with Crippen molar-refractivity contribution in [1.82, 2.24) is 10.3 Å². The number of carbonyl (C=O) groups excluding carboxylic acids is 3. The van der Waals surface area contributed by atoms with E-state index in [0.717, 1.165) is 5.56 Å². The molecule has 1 aromatic heterocycles. The molecule has 188 valence electrons. The lowest BCUT2D eigenvalue weighted by Crippen LogP contribution is -2.48. The van der Waals surface area contributed by atoms with Crippen LogP contribution in [-0.4, -0.2) is 41.8 Å². The number of rotatable bonds is 10. The van der Waals surface area contributed by atoms with Gasteiger partial charge < -0.3 is 24.5 Å². The smallest absolute Gasteiger partial charge is 0.313 e. The van der Waals surface area contributed by atoms with E-state index in [4.69, 9.17) is 13.9 Å². The number of aromatic nitrogens is 1. The predicted octanol–water partition coefficient (Wildman–Crippen LogP) is 4.25. The summed E-state index contributed by atoms with van der Waals surface area (Å²) in [5, 5.41) is 5.32. The molecule has 9 heteroatoms. The molecule has 0 aliphatic carbocycles. The van der Waals surface area contributed by atoms with Gasteiger partial charge in [0.2, 0.25) is 0 Å². The quantitative estimate of drug-likeness (QED) is 0.321. The van der Waals surface area contributed by atoms with Crippen LogP contribution in [0.15, 0.2) is 65.5 Å². The third kappa shape index (κ3) is 7.56. The maximum atomic E-state index is 12.5. The van der Waals surface area contributed by atoms with Crippen LogP contribution < -0.4 is 20.1 Å². The summed E-state index contributed by atoms with van der Waals surface area (Å²) < 4.78 is 16.4. The van der Waals surface area contributed by atoms with Crippen molar-refractivity contribution >= 4 is 29.4 Å². The Labute approximate surface area is 209 Å². The molecule has 9 nitrogen and oxygen atoms in total. The summed E-state index contributed by atoms with van der Waals surface area (Å²) in [5.41, 5.74) is 1.27. The van der Waals surface area contributed by atoms with Gasteiger partial charge >= 0.3 is 11.8 Å². The number of nitrogens with one attached hydrogen (secondary N) is 2. The second-order valence-electron chi connectivity index (χ2n) is 8.68. The van der Waals surface area contributed by atoms with Crippen molar-refractivity contribution in [2.24, 2.45) is 0 Å². The van der Waals surface area contributed by atoms with Crippen LogP contribution in [0.25, 0.3) is 17.4 Å². The number of anilines is 1. The van der Waals surface area contributed by atoms with E-state index >= 15 is 0 Å². The maximum absolute atomic E-state index is 12.5. The highest BCUT2D eigenvalue weighted by Crippen LogP contribution is 2.32. The number of methoxy groups -OCH3 is 1. The molecule has 0 saturated carbocycles. The Morgan fingerprint density at radius 1 is 1.08 bits per heavy atom.